The van der Waals surface area contributed by atoms with Crippen molar-refractivity contribution in [2.45, 2.75) is 6.54 Å². The predicted molar refractivity (Wildman–Crippen MR) is 124 cm³/mol. The van der Waals surface area contributed by atoms with E-state index in [0.29, 0.717) is 18.9 Å². The van der Waals surface area contributed by atoms with Crippen molar-refractivity contribution in [2.75, 3.05) is 37.2 Å². The van der Waals surface area contributed by atoms with Crippen LogP contribution in [0, 0.1) is 0 Å². The van der Waals surface area contributed by atoms with Crippen molar-refractivity contribution >= 4 is 27.4 Å². The van der Waals surface area contributed by atoms with Crippen molar-refractivity contribution in [1.82, 2.24) is 24.6 Å². The minimum atomic E-state index is -2.43. The second-order valence-corrected chi connectivity index (χ2v) is 9.95. The number of rotatable bonds is 5. The molecule has 1 aliphatic rings. The van der Waals surface area contributed by atoms with Crippen molar-refractivity contribution in [2.24, 2.45) is 0 Å². The Labute approximate surface area is 182 Å². The minimum absolute atomic E-state index is 0.182. The number of nitrogens with zero attached hydrogens (tertiary/aromatic N) is 5. The maximum absolute atomic E-state index is 12.7. The Balaban J connectivity index is 1.33. The van der Waals surface area contributed by atoms with Crippen molar-refractivity contribution in [3.63, 3.8) is 0 Å². The van der Waals surface area contributed by atoms with E-state index in [4.69, 9.17) is 0 Å². The van der Waals surface area contributed by atoms with Gasteiger partial charge in [-0.15, -0.1) is 5.10 Å². The molecule has 31 heavy (non-hydrogen) atoms. The van der Waals surface area contributed by atoms with Gasteiger partial charge in [0.15, 0.2) is 5.82 Å². The van der Waals surface area contributed by atoms with Crippen molar-refractivity contribution in [1.29, 1.82) is 0 Å². The quantitative estimate of drug-likeness (QED) is 0.619. The van der Waals surface area contributed by atoms with Gasteiger partial charge in [-0.2, -0.15) is 4.68 Å². The summed E-state index contributed by atoms with van der Waals surface area (Å²) in [6, 6.07) is 13.9. The first-order valence-electron chi connectivity index (χ1n) is 10.0. The van der Waals surface area contributed by atoms with Crippen LogP contribution in [0.5, 0.6) is 0 Å². The molecule has 1 saturated heterocycles. The molecule has 4 rings (SSSR count). The van der Waals surface area contributed by atoms with Crippen LogP contribution in [0.15, 0.2) is 61.1 Å². The summed E-state index contributed by atoms with van der Waals surface area (Å²) < 4.78 is 15.7. The maximum Gasteiger partial charge on any atom is 0.344 e. The fraction of sp³-hybridized carbons (Fsp3) is 0.273. The van der Waals surface area contributed by atoms with E-state index in [-0.39, 0.29) is 6.03 Å². The summed E-state index contributed by atoms with van der Waals surface area (Å²) in [6.07, 6.45) is 6.71. The second kappa shape index (κ2) is 8.91. The topological polar surface area (TPSA) is 83.4 Å². The Morgan fingerprint density at radius 2 is 1.90 bits per heavy atom. The fourth-order valence-corrected chi connectivity index (χ4v) is 4.14. The molecule has 162 valence electrons. The minimum Gasteiger partial charge on any atom is -0.320 e. The third kappa shape index (κ3) is 5.50. The van der Waals surface area contributed by atoms with Gasteiger partial charge in [0.25, 0.3) is 0 Å². The lowest BCUT2D eigenvalue weighted by Gasteiger charge is -2.34. The summed E-state index contributed by atoms with van der Waals surface area (Å²) in [6.45, 7) is 3.67. The zero-order chi connectivity index (χ0) is 21.8. The molecule has 8 nitrogen and oxygen atoms in total. The number of hydrogen-bond acceptors (Lipinski definition) is 5. The number of anilines is 1. The normalized spacial score (nSPS) is 16.6. The Hall–Kier alpha value is -3.17. The molecule has 2 aromatic heterocycles. The maximum atomic E-state index is 12.7. The molecule has 3 heterocycles. The molecule has 1 N–H and O–H groups in total. The van der Waals surface area contributed by atoms with Crippen molar-refractivity contribution in [3.05, 3.63) is 66.6 Å². The van der Waals surface area contributed by atoms with Crippen LogP contribution in [0.1, 0.15) is 5.56 Å². The summed E-state index contributed by atoms with van der Waals surface area (Å²) in [5.41, 5.74) is 3.49. The van der Waals surface area contributed by atoms with Crippen LogP contribution in [0.3, 0.4) is 0 Å². The van der Waals surface area contributed by atoms with E-state index >= 15 is 0 Å². The molecule has 1 atom stereocenters. The van der Waals surface area contributed by atoms with E-state index in [2.05, 4.69) is 55.9 Å². The molecule has 0 radical (unpaired) electrons. The van der Waals surface area contributed by atoms with E-state index in [1.165, 1.54) is 16.5 Å². The molecule has 1 fully saturated rings. The third-order valence-corrected chi connectivity index (χ3v) is 5.72. The van der Waals surface area contributed by atoms with Crippen LogP contribution in [-0.2, 0) is 16.3 Å². The molecule has 0 aliphatic carbocycles. The van der Waals surface area contributed by atoms with E-state index < -0.39 is 9.71 Å². The zero-order valence-electron chi connectivity index (χ0n) is 17.5. The van der Waals surface area contributed by atoms with Gasteiger partial charge in [0, 0.05) is 73.3 Å². The number of carbonyl (C=O) groups is 1. The Kier molecular flexibility index (Phi) is 6.06. The lowest BCUT2D eigenvalue weighted by molar-refractivity contribution is 0.134. The monoisotopic (exact) mass is 438 g/mol. The highest BCUT2D eigenvalue weighted by atomic mass is 32.2. The predicted octanol–water partition coefficient (Wildman–Crippen LogP) is 2.40. The number of hydrogen-bond donors (Lipinski definition) is 1. The van der Waals surface area contributed by atoms with Gasteiger partial charge in [-0.05, 0) is 34.7 Å². The van der Waals surface area contributed by atoms with Crippen LogP contribution < -0.4 is 4.72 Å². The van der Waals surface area contributed by atoms with E-state index in [9.17, 15) is 9.00 Å². The van der Waals surface area contributed by atoms with Gasteiger partial charge >= 0.3 is 6.03 Å². The Bertz CT molecular complexity index is 1150. The molecule has 1 unspecified atom stereocenters. The van der Waals surface area contributed by atoms with Gasteiger partial charge in [-0.1, -0.05) is 24.3 Å². The molecule has 1 amide bonds. The van der Waals surface area contributed by atoms with Crippen LogP contribution in [0.4, 0.5) is 10.6 Å². The van der Waals surface area contributed by atoms with Crippen molar-refractivity contribution < 1.29 is 9.00 Å². The number of piperazine rings is 1. The standard InChI is InChI=1S/C22H26N6O2S/c1-31(2,30)25-21-8-10-28(24-21)22(29)27-13-11-26(12-14-27)17-18-5-3-6-19(15-18)20-7-4-9-23-16-20/h3-10,15-16H,1,11-14,17H2,2H3,(H,24,25,30). The van der Waals surface area contributed by atoms with Crippen LogP contribution in [0.25, 0.3) is 11.1 Å². The molecule has 0 bridgehead atoms. The third-order valence-electron chi connectivity index (χ3n) is 5.08. The van der Waals surface area contributed by atoms with E-state index in [1.807, 2.05) is 12.3 Å². The number of pyridine rings is 1. The SMILES string of the molecule is C=S(C)(=O)Nc1ccn(C(=O)N2CCN(Cc3cccc(-c4cccnc4)c3)CC2)n1. The number of amides is 1. The van der Waals surface area contributed by atoms with E-state index in [1.54, 1.807) is 23.4 Å². The Morgan fingerprint density at radius 3 is 2.61 bits per heavy atom. The first kappa shape index (κ1) is 21.1. The number of benzene rings is 1. The van der Waals surface area contributed by atoms with Gasteiger partial charge in [0.2, 0.25) is 0 Å². The number of carbonyl (C=O) groups excluding carboxylic acids is 1. The Morgan fingerprint density at radius 1 is 1.13 bits per heavy atom. The van der Waals surface area contributed by atoms with Gasteiger partial charge < -0.3 is 4.90 Å². The summed E-state index contributed by atoms with van der Waals surface area (Å²) in [7, 11) is -2.43. The lowest BCUT2D eigenvalue weighted by atomic mass is 10.0. The smallest absolute Gasteiger partial charge is 0.320 e. The van der Waals surface area contributed by atoms with Crippen LogP contribution >= 0.6 is 0 Å². The summed E-state index contributed by atoms with van der Waals surface area (Å²) in [5, 5.41) is 4.17. The molecule has 1 aliphatic heterocycles. The second-order valence-electron chi connectivity index (χ2n) is 7.74. The largest absolute Gasteiger partial charge is 0.344 e. The summed E-state index contributed by atoms with van der Waals surface area (Å²) >= 11 is 0. The van der Waals surface area contributed by atoms with Gasteiger partial charge in [0.1, 0.15) is 0 Å². The first-order chi connectivity index (χ1) is 14.9. The van der Waals surface area contributed by atoms with Crippen LogP contribution in [-0.4, -0.2) is 73.1 Å². The molecule has 1 aromatic carbocycles. The lowest BCUT2D eigenvalue weighted by Crippen LogP contribution is -2.49. The summed E-state index contributed by atoms with van der Waals surface area (Å²) in [4.78, 5) is 21.1. The average molecular weight is 439 g/mol. The van der Waals surface area contributed by atoms with Crippen molar-refractivity contribution in [3.8, 4) is 11.1 Å². The number of nitrogens with one attached hydrogen (secondary N) is 1. The summed E-state index contributed by atoms with van der Waals surface area (Å²) in [5.74, 6) is 3.92. The molecule has 0 spiro atoms. The van der Waals surface area contributed by atoms with Gasteiger partial charge in [-0.25, -0.2) is 9.00 Å². The first-order valence-corrected chi connectivity index (χ1v) is 12.2. The molecule has 0 saturated carbocycles. The van der Waals surface area contributed by atoms with Gasteiger partial charge in [0.05, 0.1) is 0 Å². The molecule has 3 aromatic rings. The fourth-order valence-electron chi connectivity index (χ4n) is 3.59. The molecular weight excluding hydrogens is 412 g/mol. The van der Waals surface area contributed by atoms with Gasteiger partial charge in [-0.3, -0.25) is 14.6 Å². The van der Waals surface area contributed by atoms with E-state index in [0.717, 1.165) is 30.8 Å². The molecular formula is C22H26N6O2S. The highest BCUT2D eigenvalue weighted by molar-refractivity contribution is 8.00. The highest BCUT2D eigenvalue weighted by Crippen LogP contribution is 2.20. The van der Waals surface area contributed by atoms with Crippen LogP contribution in [0.2, 0.25) is 0 Å². The number of aromatic nitrogens is 3. The zero-order valence-corrected chi connectivity index (χ0v) is 18.3. The average Bonchev–Trinajstić information content (AvgIpc) is 3.21. The molecule has 9 heteroatoms. The highest BCUT2D eigenvalue weighted by Gasteiger charge is 2.23.